The monoisotopic (exact) mass is 376 g/mol. The second-order valence-corrected chi connectivity index (χ2v) is 8.02. The van der Waals surface area contributed by atoms with Crippen LogP contribution in [0.3, 0.4) is 0 Å². The van der Waals surface area contributed by atoms with Gasteiger partial charge in [-0.15, -0.1) is 0 Å². The first kappa shape index (κ1) is 17.3. The van der Waals surface area contributed by atoms with Crippen LogP contribution in [0.15, 0.2) is 35.0 Å². The Morgan fingerprint density at radius 2 is 2.11 bits per heavy atom. The van der Waals surface area contributed by atoms with Crippen molar-refractivity contribution in [3.05, 3.63) is 53.2 Å². The van der Waals surface area contributed by atoms with Crippen molar-refractivity contribution in [1.82, 2.24) is 25.0 Å². The average Bonchev–Trinajstić information content (AvgIpc) is 3.28. The summed E-state index contributed by atoms with van der Waals surface area (Å²) < 4.78 is 5.57. The number of hydrogen-bond acceptors (Lipinski definition) is 7. The number of nitrogens with two attached hydrogens (primary N) is 1. The Labute approximate surface area is 164 Å². The lowest BCUT2D eigenvalue weighted by molar-refractivity contribution is 0.123. The van der Waals surface area contributed by atoms with Gasteiger partial charge >= 0.3 is 0 Å². The van der Waals surface area contributed by atoms with Gasteiger partial charge in [-0.3, -0.25) is 4.90 Å². The second kappa shape index (κ2) is 6.67. The minimum absolute atomic E-state index is 0.0729. The number of benzene rings is 1. The molecule has 3 heterocycles. The van der Waals surface area contributed by atoms with Crippen molar-refractivity contribution in [2.24, 2.45) is 0 Å². The molecule has 28 heavy (non-hydrogen) atoms. The lowest BCUT2D eigenvalue weighted by Gasteiger charge is -2.40. The molecular formula is C21H24N6O. The minimum Gasteiger partial charge on any atom is -0.368 e. The van der Waals surface area contributed by atoms with E-state index in [1.807, 2.05) is 24.4 Å². The molecule has 7 nitrogen and oxygen atoms in total. The third-order valence-electron chi connectivity index (χ3n) is 6.13. The molecule has 5 rings (SSSR count). The summed E-state index contributed by atoms with van der Waals surface area (Å²) in [5.74, 6) is 1.69. The van der Waals surface area contributed by atoms with E-state index in [1.165, 1.54) is 5.56 Å². The van der Waals surface area contributed by atoms with Gasteiger partial charge in [0.1, 0.15) is 0 Å². The highest BCUT2D eigenvalue weighted by atomic mass is 16.5. The number of aromatic nitrogens is 4. The van der Waals surface area contributed by atoms with E-state index in [0.29, 0.717) is 24.2 Å². The van der Waals surface area contributed by atoms with E-state index in [4.69, 9.17) is 10.3 Å². The average molecular weight is 376 g/mol. The molecule has 0 saturated carbocycles. The maximum atomic E-state index is 5.88. The lowest BCUT2D eigenvalue weighted by Crippen LogP contribution is -2.45. The number of likely N-dealkylation sites (tertiary alicyclic amines) is 1. The first-order chi connectivity index (χ1) is 13.6. The fourth-order valence-corrected chi connectivity index (χ4v) is 4.76. The largest absolute Gasteiger partial charge is 0.368 e. The van der Waals surface area contributed by atoms with E-state index in [0.717, 1.165) is 55.6 Å². The number of piperidine rings is 1. The summed E-state index contributed by atoms with van der Waals surface area (Å²) >= 11 is 0. The molecule has 0 radical (unpaired) electrons. The summed E-state index contributed by atoms with van der Waals surface area (Å²) in [7, 11) is 0. The van der Waals surface area contributed by atoms with E-state index in [2.05, 4.69) is 38.0 Å². The Morgan fingerprint density at radius 1 is 1.21 bits per heavy atom. The fourth-order valence-electron chi connectivity index (χ4n) is 4.76. The van der Waals surface area contributed by atoms with Crippen molar-refractivity contribution in [1.29, 1.82) is 0 Å². The second-order valence-electron chi connectivity index (χ2n) is 8.02. The number of hydrogen-bond donors (Lipinski definition) is 1. The summed E-state index contributed by atoms with van der Waals surface area (Å²) in [4.78, 5) is 15.8. The van der Waals surface area contributed by atoms with Crippen molar-refractivity contribution in [3.63, 3.8) is 0 Å². The van der Waals surface area contributed by atoms with Crippen molar-refractivity contribution >= 4 is 5.95 Å². The van der Waals surface area contributed by atoms with E-state index >= 15 is 0 Å². The van der Waals surface area contributed by atoms with Crippen LogP contribution in [0.2, 0.25) is 0 Å². The Kier molecular flexibility index (Phi) is 4.12. The van der Waals surface area contributed by atoms with Crippen molar-refractivity contribution in [2.75, 3.05) is 18.8 Å². The number of nitrogen functional groups attached to an aromatic ring is 1. The summed E-state index contributed by atoms with van der Waals surface area (Å²) in [5.41, 5.74) is 10.5. The highest BCUT2D eigenvalue weighted by molar-refractivity contribution is 5.58. The molecule has 7 heteroatoms. The normalized spacial score (nSPS) is 21.9. The highest BCUT2D eigenvalue weighted by Crippen LogP contribution is 2.44. The van der Waals surface area contributed by atoms with Gasteiger partial charge in [0.25, 0.3) is 0 Å². The molecule has 1 fully saturated rings. The van der Waals surface area contributed by atoms with Gasteiger partial charge in [-0.05, 0) is 50.3 Å². The van der Waals surface area contributed by atoms with Gasteiger partial charge in [0, 0.05) is 23.7 Å². The van der Waals surface area contributed by atoms with Gasteiger partial charge in [-0.1, -0.05) is 29.4 Å². The van der Waals surface area contributed by atoms with Gasteiger partial charge in [0.15, 0.2) is 0 Å². The van der Waals surface area contributed by atoms with Crippen LogP contribution < -0.4 is 5.73 Å². The Morgan fingerprint density at radius 3 is 3.00 bits per heavy atom. The van der Waals surface area contributed by atoms with Gasteiger partial charge < -0.3 is 10.3 Å². The summed E-state index contributed by atoms with van der Waals surface area (Å²) in [6.45, 7) is 4.69. The maximum Gasteiger partial charge on any atom is 0.241 e. The van der Waals surface area contributed by atoms with E-state index < -0.39 is 0 Å². The zero-order valence-corrected chi connectivity index (χ0v) is 16.1. The van der Waals surface area contributed by atoms with Crippen LogP contribution in [0.5, 0.6) is 0 Å². The van der Waals surface area contributed by atoms with Gasteiger partial charge in [0.05, 0.1) is 12.2 Å². The number of rotatable bonds is 3. The minimum atomic E-state index is 0.0729. The molecule has 2 aromatic heterocycles. The smallest absolute Gasteiger partial charge is 0.241 e. The molecule has 1 unspecified atom stereocenters. The number of nitrogens with zero attached hydrogens (tertiary/aromatic N) is 5. The molecule has 144 valence electrons. The quantitative estimate of drug-likeness (QED) is 0.751. The van der Waals surface area contributed by atoms with E-state index in [9.17, 15) is 0 Å². The third-order valence-corrected chi connectivity index (χ3v) is 6.13. The Bertz CT molecular complexity index is 1010. The molecule has 0 bridgehead atoms. The van der Waals surface area contributed by atoms with Crippen LogP contribution in [0.1, 0.15) is 42.0 Å². The summed E-state index contributed by atoms with van der Waals surface area (Å²) in [6.07, 6.45) is 6.31. The number of anilines is 1. The number of fused-ring (bicyclic) bond motifs is 2. The standard InChI is InChI=1S/C21H24N6O/c1-14-5-2-3-6-16(14)19-24-17(28-26-19)12-27-10-4-8-21(13-27)9-7-15-11-23-20(22)25-18(15)21/h2-3,5-6,11H,4,7-10,12-13H2,1H3,(H2,22,23,25). The van der Waals surface area contributed by atoms with Crippen LogP contribution >= 0.6 is 0 Å². The molecule has 1 aromatic carbocycles. The van der Waals surface area contributed by atoms with Crippen LogP contribution in [-0.2, 0) is 18.4 Å². The van der Waals surface area contributed by atoms with Crippen molar-refractivity contribution < 1.29 is 4.52 Å². The molecule has 1 saturated heterocycles. The molecule has 2 N–H and O–H groups in total. The third kappa shape index (κ3) is 2.96. The molecule has 1 spiro atoms. The predicted octanol–water partition coefficient (Wildman–Crippen LogP) is 2.90. The van der Waals surface area contributed by atoms with Gasteiger partial charge in [-0.2, -0.15) is 4.98 Å². The molecule has 1 atom stereocenters. The molecule has 1 aliphatic carbocycles. The van der Waals surface area contributed by atoms with Crippen LogP contribution in [0.4, 0.5) is 5.95 Å². The van der Waals surface area contributed by atoms with Gasteiger partial charge in [-0.25, -0.2) is 9.97 Å². The summed E-state index contributed by atoms with van der Waals surface area (Å²) in [6, 6.07) is 8.10. The zero-order valence-electron chi connectivity index (χ0n) is 16.1. The van der Waals surface area contributed by atoms with E-state index in [-0.39, 0.29) is 5.41 Å². The first-order valence-corrected chi connectivity index (χ1v) is 9.86. The van der Waals surface area contributed by atoms with Crippen molar-refractivity contribution in [3.8, 4) is 11.4 Å². The van der Waals surface area contributed by atoms with Gasteiger partial charge in [0.2, 0.25) is 17.7 Å². The zero-order chi connectivity index (χ0) is 19.1. The Balaban J connectivity index is 1.35. The van der Waals surface area contributed by atoms with Crippen LogP contribution in [-0.4, -0.2) is 38.1 Å². The maximum absolute atomic E-state index is 5.88. The summed E-state index contributed by atoms with van der Waals surface area (Å²) in [5, 5.41) is 4.20. The molecule has 0 amide bonds. The molecule has 1 aliphatic heterocycles. The fraction of sp³-hybridized carbons (Fsp3) is 0.429. The van der Waals surface area contributed by atoms with Crippen molar-refractivity contribution in [2.45, 2.75) is 44.6 Å². The molecule has 2 aliphatic rings. The predicted molar refractivity (Wildman–Crippen MR) is 105 cm³/mol. The topological polar surface area (TPSA) is 94.0 Å². The van der Waals surface area contributed by atoms with Crippen LogP contribution in [0, 0.1) is 6.92 Å². The number of aryl methyl sites for hydroxylation is 2. The molecular weight excluding hydrogens is 352 g/mol. The van der Waals surface area contributed by atoms with E-state index in [1.54, 1.807) is 0 Å². The molecule has 3 aromatic rings. The highest BCUT2D eigenvalue weighted by Gasteiger charge is 2.43. The SMILES string of the molecule is Cc1ccccc1-c1noc(CN2CCCC3(CCc4cnc(N)nc43)C2)n1. The lowest BCUT2D eigenvalue weighted by atomic mass is 9.77. The van der Waals surface area contributed by atoms with Crippen LogP contribution in [0.25, 0.3) is 11.4 Å². The Hall–Kier alpha value is -2.80. The first-order valence-electron chi connectivity index (χ1n) is 9.86.